The lowest BCUT2D eigenvalue weighted by molar-refractivity contribution is 0.0972. The Labute approximate surface area is 179 Å². The molecule has 5 rings (SSSR count). The Morgan fingerprint density at radius 1 is 1.10 bits per heavy atom. The molecule has 2 aromatic carbocycles. The summed E-state index contributed by atoms with van der Waals surface area (Å²) >= 11 is 1.66. The van der Waals surface area contributed by atoms with E-state index in [0.29, 0.717) is 13.0 Å². The number of imidazole rings is 1. The summed E-state index contributed by atoms with van der Waals surface area (Å²) in [5.74, 6) is 1.06. The van der Waals surface area contributed by atoms with Gasteiger partial charge in [-0.05, 0) is 58.5 Å². The van der Waals surface area contributed by atoms with Gasteiger partial charge in [-0.2, -0.15) is 11.3 Å². The molecule has 1 aliphatic rings. The summed E-state index contributed by atoms with van der Waals surface area (Å²) in [7, 11) is 0. The van der Waals surface area contributed by atoms with Crippen LogP contribution in [-0.4, -0.2) is 15.3 Å². The molecule has 0 N–H and O–H groups in total. The van der Waals surface area contributed by atoms with Crippen molar-refractivity contribution >= 4 is 17.1 Å². The monoisotopic (exact) mass is 414 g/mol. The van der Waals surface area contributed by atoms with Crippen LogP contribution in [0.5, 0.6) is 5.75 Å². The van der Waals surface area contributed by atoms with Crippen LogP contribution in [0.1, 0.15) is 40.4 Å². The maximum atomic E-state index is 12.5. The summed E-state index contributed by atoms with van der Waals surface area (Å²) in [5, 5.41) is 4.21. The minimum Gasteiger partial charge on any atom is -0.483 e. The Kier molecular flexibility index (Phi) is 5.20. The van der Waals surface area contributed by atoms with E-state index in [-0.39, 0.29) is 11.9 Å². The lowest BCUT2D eigenvalue weighted by atomic mass is 9.85. The van der Waals surface area contributed by atoms with E-state index in [1.165, 1.54) is 0 Å². The van der Waals surface area contributed by atoms with Crippen molar-refractivity contribution in [2.75, 3.05) is 0 Å². The second kappa shape index (κ2) is 8.28. The smallest absolute Gasteiger partial charge is 0.163 e. The Hall–Kier alpha value is -3.18. The summed E-state index contributed by atoms with van der Waals surface area (Å²) in [4.78, 5) is 16.7. The van der Waals surface area contributed by atoms with Gasteiger partial charge < -0.3 is 9.30 Å². The molecule has 0 bridgehead atoms. The molecule has 2 aromatic heterocycles. The molecule has 0 amide bonds. The summed E-state index contributed by atoms with van der Waals surface area (Å²) in [6.07, 6.45) is 7.79. The highest BCUT2D eigenvalue weighted by Crippen LogP contribution is 2.41. The molecule has 0 radical (unpaired) electrons. The fourth-order valence-electron chi connectivity index (χ4n) is 4.15. The molecule has 1 aliphatic carbocycles. The van der Waals surface area contributed by atoms with Gasteiger partial charge in [0.05, 0.1) is 12.9 Å². The number of thiophene rings is 1. The van der Waals surface area contributed by atoms with E-state index in [1.54, 1.807) is 17.5 Å². The molecule has 0 saturated carbocycles. The van der Waals surface area contributed by atoms with Crippen molar-refractivity contribution in [3.05, 3.63) is 94.7 Å². The molecule has 0 aliphatic heterocycles. The first-order valence-electron chi connectivity index (χ1n) is 10.2. The van der Waals surface area contributed by atoms with E-state index < -0.39 is 0 Å². The molecule has 2 heterocycles. The van der Waals surface area contributed by atoms with Crippen LogP contribution in [0.15, 0.2) is 78.0 Å². The van der Waals surface area contributed by atoms with E-state index in [2.05, 4.69) is 33.9 Å². The summed E-state index contributed by atoms with van der Waals surface area (Å²) in [5.41, 5.74) is 5.26. The van der Waals surface area contributed by atoms with Gasteiger partial charge >= 0.3 is 0 Å². The molecule has 4 aromatic rings. The molecule has 1 atom stereocenters. The van der Waals surface area contributed by atoms with Crippen LogP contribution in [0.3, 0.4) is 0 Å². The quantitative estimate of drug-likeness (QED) is 0.391. The van der Waals surface area contributed by atoms with Gasteiger partial charge in [0.2, 0.25) is 0 Å². The minimum atomic E-state index is -0.171. The zero-order valence-corrected chi connectivity index (χ0v) is 17.3. The van der Waals surface area contributed by atoms with Crippen molar-refractivity contribution in [1.29, 1.82) is 0 Å². The number of hydrogen-bond donors (Lipinski definition) is 0. The van der Waals surface area contributed by atoms with Crippen LogP contribution in [-0.2, 0) is 13.0 Å². The average molecular weight is 415 g/mol. The topological polar surface area (TPSA) is 44.1 Å². The van der Waals surface area contributed by atoms with Gasteiger partial charge in [-0.1, -0.05) is 30.3 Å². The number of hydrogen-bond acceptors (Lipinski definition) is 4. The number of carbonyl (C=O) groups is 1. The predicted octanol–water partition coefficient (Wildman–Crippen LogP) is 5.95. The van der Waals surface area contributed by atoms with Gasteiger partial charge in [0.1, 0.15) is 11.9 Å². The summed E-state index contributed by atoms with van der Waals surface area (Å²) in [6.45, 7) is 0.656. The first-order chi connectivity index (χ1) is 14.8. The minimum absolute atomic E-state index is 0.171. The van der Waals surface area contributed by atoms with Gasteiger partial charge in [0.25, 0.3) is 0 Å². The number of rotatable bonds is 6. The van der Waals surface area contributed by atoms with Crippen molar-refractivity contribution in [3.63, 3.8) is 0 Å². The van der Waals surface area contributed by atoms with E-state index in [0.717, 1.165) is 46.4 Å². The van der Waals surface area contributed by atoms with E-state index >= 15 is 0 Å². The Morgan fingerprint density at radius 3 is 2.77 bits per heavy atom. The number of benzene rings is 2. The number of nitrogens with zero attached hydrogens (tertiary/aromatic N) is 2. The van der Waals surface area contributed by atoms with Crippen molar-refractivity contribution in [3.8, 4) is 16.9 Å². The Balaban J connectivity index is 1.59. The molecule has 30 heavy (non-hydrogen) atoms. The van der Waals surface area contributed by atoms with Gasteiger partial charge in [-0.15, -0.1) is 0 Å². The number of aromatic nitrogens is 2. The first kappa shape index (κ1) is 18.8. The van der Waals surface area contributed by atoms with Crippen LogP contribution in [0.25, 0.3) is 11.1 Å². The third-order valence-electron chi connectivity index (χ3n) is 5.59. The number of ketones is 1. The fourth-order valence-corrected chi connectivity index (χ4v) is 4.79. The number of fused-ring (bicyclic) bond motifs is 1. The highest BCUT2D eigenvalue weighted by atomic mass is 32.1. The lowest BCUT2D eigenvalue weighted by Crippen LogP contribution is -2.17. The maximum absolute atomic E-state index is 12.5. The second-order valence-corrected chi connectivity index (χ2v) is 8.31. The predicted molar refractivity (Wildman–Crippen MR) is 119 cm³/mol. The molecule has 5 heteroatoms. The van der Waals surface area contributed by atoms with Crippen LogP contribution in [0, 0.1) is 0 Å². The normalized spacial score (nSPS) is 14.3. The number of carbonyl (C=O) groups excluding carboxylic acids is 1. The third-order valence-corrected chi connectivity index (χ3v) is 6.28. The standard InChI is InChI=1S/C25H22N2O2S/c28-22-8-4-7-21-20(22)9-10-23(25(21)19-11-14-30-16-19)29-24(15-27-13-12-26-17-27)18-5-2-1-3-6-18/h1-3,5-6,9-14,16-17,24H,4,7-8,15H2/t24-/m1/s1. The summed E-state index contributed by atoms with van der Waals surface area (Å²) in [6, 6.07) is 16.3. The van der Waals surface area contributed by atoms with Crippen LogP contribution < -0.4 is 4.74 Å². The van der Waals surface area contributed by atoms with Gasteiger partial charge in [-0.3, -0.25) is 4.79 Å². The molecule has 0 fully saturated rings. The zero-order valence-electron chi connectivity index (χ0n) is 16.5. The highest BCUT2D eigenvalue weighted by molar-refractivity contribution is 7.08. The van der Waals surface area contributed by atoms with Crippen molar-refractivity contribution < 1.29 is 9.53 Å². The molecular formula is C25H22N2O2S. The lowest BCUT2D eigenvalue weighted by Gasteiger charge is -2.25. The van der Waals surface area contributed by atoms with Gasteiger partial charge in [-0.25, -0.2) is 4.98 Å². The van der Waals surface area contributed by atoms with E-state index in [9.17, 15) is 4.79 Å². The van der Waals surface area contributed by atoms with E-state index in [1.807, 2.05) is 47.4 Å². The first-order valence-corrected chi connectivity index (χ1v) is 11.1. The maximum Gasteiger partial charge on any atom is 0.163 e. The van der Waals surface area contributed by atoms with Gasteiger partial charge in [0.15, 0.2) is 5.78 Å². The molecule has 0 unspecified atom stereocenters. The Morgan fingerprint density at radius 2 is 2.00 bits per heavy atom. The van der Waals surface area contributed by atoms with E-state index in [4.69, 9.17) is 4.74 Å². The van der Waals surface area contributed by atoms with Crippen molar-refractivity contribution in [2.24, 2.45) is 0 Å². The zero-order chi connectivity index (χ0) is 20.3. The largest absolute Gasteiger partial charge is 0.483 e. The second-order valence-electron chi connectivity index (χ2n) is 7.53. The SMILES string of the molecule is O=C1CCCc2c1ccc(O[C@H](Cn1ccnc1)c1ccccc1)c2-c1ccsc1. The third kappa shape index (κ3) is 3.68. The Bertz CT molecular complexity index is 1140. The van der Waals surface area contributed by atoms with Crippen LogP contribution in [0.2, 0.25) is 0 Å². The van der Waals surface area contributed by atoms with Gasteiger partial charge in [0, 0.05) is 29.9 Å². The molecule has 150 valence electrons. The summed E-state index contributed by atoms with van der Waals surface area (Å²) < 4.78 is 8.71. The number of ether oxygens (including phenoxy) is 1. The molecule has 0 spiro atoms. The highest BCUT2D eigenvalue weighted by Gasteiger charge is 2.25. The molecule has 0 saturated heterocycles. The van der Waals surface area contributed by atoms with Crippen molar-refractivity contribution in [1.82, 2.24) is 9.55 Å². The van der Waals surface area contributed by atoms with Crippen LogP contribution >= 0.6 is 11.3 Å². The van der Waals surface area contributed by atoms with Crippen molar-refractivity contribution in [2.45, 2.75) is 31.9 Å². The number of Topliss-reactive ketones (excluding diaryl/α,β-unsaturated/α-hetero) is 1. The van der Waals surface area contributed by atoms with Crippen LogP contribution in [0.4, 0.5) is 0 Å². The molecular weight excluding hydrogens is 392 g/mol. The average Bonchev–Trinajstić information content (AvgIpc) is 3.48. The molecule has 4 nitrogen and oxygen atoms in total. The fraction of sp³-hybridized carbons (Fsp3) is 0.200.